The number of benzene rings is 1. The SMILES string of the molecule is O=S(=O)(Nc1nc(-c2cccs2)cs1)c1ccccc1Cl. The summed E-state index contributed by atoms with van der Waals surface area (Å²) in [5, 5.41) is 4.26. The minimum absolute atomic E-state index is 0.0412. The van der Waals surface area contributed by atoms with Crippen LogP contribution in [-0.4, -0.2) is 13.4 Å². The molecule has 0 saturated heterocycles. The summed E-state index contributed by atoms with van der Waals surface area (Å²) < 4.78 is 27.0. The fraction of sp³-hybridized carbons (Fsp3) is 0. The number of hydrogen-bond acceptors (Lipinski definition) is 5. The summed E-state index contributed by atoms with van der Waals surface area (Å²) in [6.45, 7) is 0. The number of nitrogens with one attached hydrogen (secondary N) is 1. The third-order valence-electron chi connectivity index (χ3n) is 2.63. The molecule has 0 amide bonds. The van der Waals surface area contributed by atoms with Gasteiger partial charge >= 0.3 is 0 Å². The Balaban J connectivity index is 1.88. The van der Waals surface area contributed by atoms with E-state index in [0.29, 0.717) is 5.13 Å². The Morgan fingerprint density at radius 1 is 1.10 bits per heavy atom. The zero-order valence-corrected chi connectivity index (χ0v) is 13.7. The third kappa shape index (κ3) is 3.11. The van der Waals surface area contributed by atoms with Crippen LogP contribution in [0, 0.1) is 0 Å². The average Bonchev–Trinajstić information content (AvgIpc) is 3.09. The molecule has 2 heterocycles. The van der Waals surface area contributed by atoms with Gasteiger partial charge in [-0.15, -0.1) is 22.7 Å². The molecule has 0 fully saturated rings. The number of aromatic nitrogens is 1. The van der Waals surface area contributed by atoms with Gasteiger partial charge in [-0.05, 0) is 23.6 Å². The molecule has 108 valence electrons. The predicted octanol–water partition coefficient (Wildman–Crippen LogP) is 4.33. The second-order valence-corrected chi connectivity index (χ2v) is 7.91. The molecule has 0 aliphatic heterocycles. The van der Waals surface area contributed by atoms with Crippen molar-refractivity contribution in [3.8, 4) is 10.6 Å². The number of hydrogen-bond donors (Lipinski definition) is 1. The lowest BCUT2D eigenvalue weighted by Crippen LogP contribution is -2.13. The Hall–Kier alpha value is -1.41. The number of anilines is 1. The average molecular weight is 357 g/mol. The van der Waals surface area contributed by atoms with E-state index in [1.807, 2.05) is 22.9 Å². The molecule has 3 aromatic rings. The van der Waals surface area contributed by atoms with Gasteiger partial charge in [0.15, 0.2) is 5.13 Å². The molecule has 3 rings (SSSR count). The number of rotatable bonds is 4. The standard InChI is InChI=1S/C13H9ClN2O2S3/c14-9-4-1-2-6-12(9)21(17,18)16-13-15-10(8-20-13)11-5-3-7-19-11/h1-8H,(H,15,16). The van der Waals surface area contributed by atoms with Crippen molar-refractivity contribution in [3.05, 3.63) is 52.2 Å². The largest absolute Gasteiger partial charge is 0.265 e. The topological polar surface area (TPSA) is 59.1 Å². The van der Waals surface area contributed by atoms with E-state index in [1.165, 1.54) is 23.5 Å². The Labute approximate surface area is 135 Å². The van der Waals surface area contributed by atoms with E-state index < -0.39 is 10.0 Å². The van der Waals surface area contributed by atoms with Crippen molar-refractivity contribution < 1.29 is 8.42 Å². The molecule has 0 aliphatic carbocycles. The van der Waals surface area contributed by atoms with Crippen LogP contribution < -0.4 is 4.72 Å². The first kappa shape index (κ1) is 14.5. The Morgan fingerprint density at radius 3 is 2.62 bits per heavy atom. The van der Waals surface area contributed by atoms with Gasteiger partial charge in [0.05, 0.1) is 15.6 Å². The highest BCUT2D eigenvalue weighted by Gasteiger charge is 2.19. The molecule has 4 nitrogen and oxygen atoms in total. The Bertz CT molecular complexity index is 857. The fourth-order valence-corrected chi connectivity index (χ4v) is 4.94. The summed E-state index contributed by atoms with van der Waals surface area (Å²) in [5.41, 5.74) is 0.756. The number of nitrogens with zero attached hydrogens (tertiary/aromatic N) is 1. The first-order chi connectivity index (χ1) is 10.1. The minimum Gasteiger partial charge on any atom is -0.255 e. The quantitative estimate of drug-likeness (QED) is 0.757. The van der Waals surface area contributed by atoms with Crippen molar-refractivity contribution in [2.24, 2.45) is 0 Å². The van der Waals surface area contributed by atoms with Crippen LogP contribution in [0.25, 0.3) is 10.6 Å². The monoisotopic (exact) mass is 356 g/mol. The number of thiazole rings is 1. The normalized spacial score (nSPS) is 11.5. The van der Waals surface area contributed by atoms with Gasteiger partial charge in [-0.2, -0.15) is 0 Å². The first-order valence-electron chi connectivity index (χ1n) is 5.83. The van der Waals surface area contributed by atoms with Gasteiger partial charge in [-0.3, -0.25) is 4.72 Å². The van der Waals surface area contributed by atoms with Crippen LogP contribution in [0.4, 0.5) is 5.13 Å². The molecule has 1 aromatic carbocycles. The minimum atomic E-state index is -3.73. The zero-order chi connectivity index (χ0) is 14.9. The van der Waals surface area contributed by atoms with Crippen molar-refractivity contribution in [1.29, 1.82) is 0 Å². The molecule has 1 N–H and O–H groups in total. The van der Waals surface area contributed by atoms with Crippen LogP contribution in [0.15, 0.2) is 52.1 Å². The molecule has 2 aromatic heterocycles. The molecule has 0 unspecified atom stereocenters. The zero-order valence-electron chi connectivity index (χ0n) is 10.5. The van der Waals surface area contributed by atoms with Crippen LogP contribution in [0.5, 0.6) is 0 Å². The van der Waals surface area contributed by atoms with Crippen molar-refractivity contribution in [2.45, 2.75) is 4.90 Å². The second-order valence-electron chi connectivity index (χ2n) is 4.05. The van der Waals surface area contributed by atoms with Crippen molar-refractivity contribution in [2.75, 3.05) is 4.72 Å². The van der Waals surface area contributed by atoms with Gasteiger partial charge in [0.1, 0.15) is 4.90 Å². The van der Waals surface area contributed by atoms with Crippen LogP contribution >= 0.6 is 34.3 Å². The van der Waals surface area contributed by atoms with Crippen LogP contribution in [0.3, 0.4) is 0 Å². The van der Waals surface area contributed by atoms with Crippen molar-refractivity contribution >= 4 is 49.4 Å². The number of halogens is 1. The van der Waals surface area contributed by atoms with Gasteiger partial charge < -0.3 is 0 Å². The predicted molar refractivity (Wildman–Crippen MR) is 87.7 cm³/mol. The summed E-state index contributed by atoms with van der Waals surface area (Å²) >= 11 is 8.72. The molecule has 0 atom stereocenters. The molecular formula is C13H9ClN2O2S3. The van der Waals surface area contributed by atoms with Gasteiger partial charge in [0.2, 0.25) is 0 Å². The van der Waals surface area contributed by atoms with Crippen LogP contribution in [0.2, 0.25) is 5.02 Å². The van der Waals surface area contributed by atoms with Gasteiger partial charge in [0.25, 0.3) is 10.0 Å². The highest BCUT2D eigenvalue weighted by molar-refractivity contribution is 7.93. The Kier molecular flexibility index (Phi) is 3.99. The molecule has 8 heteroatoms. The van der Waals surface area contributed by atoms with Gasteiger partial charge in [0, 0.05) is 5.38 Å². The van der Waals surface area contributed by atoms with E-state index in [1.54, 1.807) is 23.5 Å². The fourth-order valence-electron chi connectivity index (χ4n) is 1.69. The van der Waals surface area contributed by atoms with E-state index in [9.17, 15) is 8.42 Å². The smallest absolute Gasteiger partial charge is 0.255 e. The number of thiophene rings is 1. The maximum atomic E-state index is 12.3. The third-order valence-corrected chi connectivity index (χ3v) is 6.24. The second kappa shape index (κ2) is 5.76. The summed E-state index contributed by atoms with van der Waals surface area (Å²) in [5.74, 6) is 0. The van der Waals surface area contributed by atoms with Gasteiger partial charge in [-0.25, -0.2) is 13.4 Å². The molecular weight excluding hydrogens is 348 g/mol. The summed E-state index contributed by atoms with van der Waals surface area (Å²) in [6.07, 6.45) is 0. The van der Waals surface area contributed by atoms with E-state index in [2.05, 4.69) is 9.71 Å². The van der Waals surface area contributed by atoms with Crippen molar-refractivity contribution in [3.63, 3.8) is 0 Å². The maximum Gasteiger partial charge on any atom is 0.265 e. The lowest BCUT2D eigenvalue weighted by Gasteiger charge is -2.06. The van der Waals surface area contributed by atoms with E-state index in [-0.39, 0.29) is 9.92 Å². The summed E-state index contributed by atoms with van der Waals surface area (Å²) in [7, 11) is -3.73. The summed E-state index contributed by atoms with van der Waals surface area (Å²) in [6, 6.07) is 10.2. The first-order valence-corrected chi connectivity index (χ1v) is 9.45. The highest BCUT2D eigenvalue weighted by atomic mass is 35.5. The lowest BCUT2D eigenvalue weighted by atomic mass is 10.4. The molecule has 0 spiro atoms. The van der Waals surface area contributed by atoms with E-state index >= 15 is 0 Å². The highest BCUT2D eigenvalue weighted by Crippen LogP contribution is 2.30. The Morgan fingerprint density at radius 2 is 1.90 bits per heavy atom. The molecule has 0 bridgehead atoms. The molecule has 0 radical (unpaired) electrons. The van der Waals surface area contributed by atoms with Gasteiger partial charge in [-0.1, -0.05) is 29.8 Å². The lowest BCUT2D eigenvalue weighted by molar-refractivity contribution is 0.601. The van der Waals surface area contributed by atoms with E-state index in [0.717, 1.165) is 10.6 Å². The summed E-state index contributed by atoms with van der Waals surface area (Å²) in [4.78, 5) is 5.32. The molecule has 0 aliphatic rings. The molecule has 21 heavy (non-hydrogen) atoms. The van der Waals surface area contributed by atoms with Crippen molar-refractivity contribution in [1.82, 2.24) is 4.98 Å². The number of sulfonamides is 1. The van der Waals surface area contributed by atoms with Crippen LogP contribution in [-0.2, 0) is 10.0 Å². The maximum absolute atomic E-state index is 12.3. The van der Waals surface area contributed by atoms with Crippen LogP contribution in [0.1, 0.15) is 0 Å². The molecule has 0 saturated carbocycles. The van der Waals surface area contributed by atoms with E-state index in [4.69, 9.17) is 11.6 Å².